The lowest BCUT2D eigenvalue weighted by Crippen LogP contribution is -1.92. The molecule has 72 valence electrons. The first-order valence-electron chi connectivity index (χ1n) is 4.74. The van der Waals surface area contributed by atoms with Crippen LogP contribution in [0, 0.1) is 6.92 Å². The topological polar surface area (TPSA) is 12.4 Å². The lowest BCUT2D eigenvalue weighted by molar-refractivity contribution is 1.39. The van der Waals surface area contributed by atoms with Crippen LogP contribution in [0.25, 0.3) is 0 Å². The molecule has 0 saturated heterocycles. The van der Waals surface area contributed by atoms with Gasteiger partial charge in [0.1, 0.15) is 0 Å². The monoisotopic (exact) mass is 177 g/mol. The van der Waals surface area contributed by atoms with E-state index in [0.717, 1.165) is 5.71 Å². The molecule has 1 aromatic carbocycles. The molecule has 0 aliphatic rings. The molecule has 1 aromatic rings. The highest BCUT2D eigenvalue weighted by atomic mass is 14.7. The number of benzene rings is 1. The van der Waals surface area contributed by atoms with Gasteiger partial charge in [0.15, 0.2) is 0 Å². The number of nitrogens with zero attached hydrogens (tertiary/aromatic N) is 1. The van der Waals surface area contributed by atoms with Crippen molar-refractivity contribution in [2.24, 2.45) is 4.99 Å². The Morgan fingerprint density at radius 3 is 1.92 bits per heavy atom. The SMILES string of the molecule is CC.CN=C(C)c1ccc(C)cc1. The van der Waals surface area contributed by atoms with E-state index in [4.69, 9.17) is 0 Å². The van der Waals surface area contributed by atoms with Crippen LogP contribution in [-0.2, 0) is 0 Å². The molecule has 0 spiro atoms. The van der Waals surface area contributed by atoms with Gasteiger partial charge in [-0.05, 0) is 19.4 Å². The molecule has 0 N–H and O–H groups in total. The van der Waals surface area contributed by atoms with Gasteiger partial charge >= 0.3 is 0 Å². The maximum absolute atomic E-state index is 4.11. The van der Waals surface area contributed by atoms with E-state index in [9.17, 15) is 0 Å². The average Bonchev–Trinajstić information content (AvgIpc) is 2.21. The van der Waals surface area contributed by atoms with Crippen molar-refractivity contribution in [2.45, 2.75) is 27.7 Å². The summed E-state index contributed by atoms with van der Waals surface area (Å²) in [6.07, 6.45) is 0. The third-order valence-electron chi connectivity index (χ3n) is 1.80. The van der Waals surface area contributed by atoms with E-state index in [2.05, 4.69) is 36.2 Å². The third kappa shape index (κ3) is 3.88. The summed E-state index contributed by atoms with van der Waals surface area (Å²) in [6.45, 7) is 8.10. The van der Waals surface area contributed by atoms with Crippen LogP contribution in [0.2, 0.25) is 0 Å². The Morgan fingerprint density at radius 1 is 1.08 bits per heavy atom. The molecule has 1 nitrogen and oxygen atoms in total. The van der Waals surface area contributed by atoms with Crippen LogP contribution in [0.5, 0.6) is 0 Å². The fourth-order valence-electron chi connectivity index (χ4n) is 0.924. The van der Waals surface area contributed by atoms with Crippen LogP contribution >= 0.6 is 0 Å². The van der Waals surface area contributed by atoms with Crippen molar-refractivity contribution in [3.05, 3.63) is 35.4 Å². The first kappa shape index (κ1) is 11.9. The summed E-state index contributed by atoms with van der Waals surface area (Å²) in [7, 11) is 1.81. The molecule has 0 bridgehead atoms. The molecule has 0 aliphatic carbocycles. The van der Waals surface area contributed by atoms with Crippen LogP contribution in [-0.4, -0.2) is 12.8 Å². The van der Waals surface area contributed by atoms with E-state index in [1.807, 2.05) is 27.8 Å². The van der Waals surface area contributed by atoms with Crippen LogP contribution in [0.15, 0.2) is 29.3 Å². The third-order valence-corrected chi connectivity index (χ3v) is 1.80. The van der Waals surface area contributed by atoms with E-state index in [1.165, 1.54) is 11.1 Å². The number of hydrogen-bond acceptors (Lipinski definition) is 1. The molecule has 0 atom stereocenters. The average molecular weight is 177 g/mol. The number of aryl methyl sites for hydroxylation is 1. The zero-order valence-electron chi connectivity index (χ0n) is 9.26. The molecule has 0 unspecified atom stereocenters. The minimum absolute atomic E-state index is 1.09. The summed E-state index contributed by atoms with van der Waals surface area (Å²) in [4.78, 5) is 4.11. The van der Waals surface area contributed by atoms with Crippen molar-refractivity contribution in [2.75, 3.05) is 7.05 Å². The summed E-state index contributed by atoms with van der Waals surface area (Å²) in [6, 6.07) is 8.39. The van der Waals surface area contributed by atoms with Crippen molar-refractivity contribution in [3.63, 3.8) is 0 Å². The van der Waals surface area contributed by atoms with Gasteiger partial charge in [0, 0.05) is 12.8 Å². The molecule has 0 radical (unpaired) electrons. The van der Waals surface area contributed by atoms with Gasteiger partial charge in [-0.3, -0.25) is 4.99 Å². The maximum atomic E-state index is 4.11. The Balaban J connectivity index is 0.000000671. The second-order valence-corrected chi connectivity index (χ2v) is 2.68. The van der Waals surface area contributed by atoms with Gasteiger partial charge < -0.3 is 0 Å². The highest BCUT2D eigenvalue weighted by Crippen LogP contribution is 2.03. The first-order chi connectivity index (χ1) is 6.24. The van der Waals surface area contributed by atoms with Crippen molar-refractivity contribution in [1.29, 1.82) is 0 Å². The normalized spacial score (nSPS) is 10.4. The van der Waals surface area contributed by atoms with Gasteiger partial charge in [0.05, 0.1) is 0 Å². The van der Waals surface area contributed by atoms with Crippen molar-refractivity contribution < 1.29 is 0 Å². The van der Waals surface area contributed by atoms with Gasteiger partial charge in [-0.15, -0.1) is 0 Å². The molecule has 0 aromatic heterocycles. The number of rotatable bonds is 1. The van der Waals surface area contributed by atoms with Crippen LogP contribution < -0.4 is 0 Å². The lowest BCUT2D eigenvalue weighted by Gasteiger charge is -1.98. The summed E-state index contributed by atoms with van der Waals surface area (Å²) in [5, 5.41) is 0. The number of aliphatic imine (C=N–C) groups is 1. The summed E-state index contributed by atoms with van der Waals surface area (Å²) in [5.74, 6) is 0. The van der Waals surface area contributed by atoms with Crippen molar-refractivity contribution in [3.8, 4) is 0 Å². The van der Waals surface area contributed by atoms with Crippen LogP contribution in [0.4, 0.5) is 0 Å². The van der Waals surface area contributed by atoms with E-state index >= 15 is 0 Å². The minimum atomic E-state index is 1.09. The summed E-state index contributed by atoms with van der Waals surface area (Å²) in [5.41, 5.74) is 3.58. The Labute approximate surface area is 81.5 Å². The Kier molecular flexibility index (Phi) is 5.86. The molecule has 0 fully saturated rings. The molecule has 0 saturated carbocycles. The largest absolute Gasteiger partial charge is 0.293 e. The van der Waals surface area contributed by atoms with Gasteiger partial charge in [0.2, 0.25) is 0 Å². The Bertz CT molecular complexity index is 257. The fraction of sp³-hybridized carbons (Fsp3) is 0.417. The van der Waals surface area contributed by atoms with Crippen LogP contribution in [0.3, 0.4) is 0 Å². The summed E-state index contributed by atoms with van der Waals surface area (Å²) < 4.78 is 0. The standard InChI is InChI=1S/C10H13N.C2H6/c1-8-4-6-10(7-5-8)9(2)11-3;1-2/h4-7H,1-3H3;1-2H3. The van der Waals surface area contributed by atoms with Crippen molar-refractivity contribution in [1.82, 2.24) is 0 Å². The summed E-state index contributed by atoms with van der Waals surface area (Å²) >= 11 is 0. The predicted octanol–water partition coefficient (Wildman–Crippen LogP) is 3.46. The quantitative estimate of drug-likeness (QED) is 0.582. The smallest absolute Gasteiger partial charge is 0.0386 e. The Morgan fingerprint density at radius 2 is 1.54 bits per heavy atom. The molecule has 1 heteroatoms. The van der Waals surface area contributed by atoms with Crippen molar-refractivity contribution >= 4 is 5.71 Å². The van der Waals surface area contributed by atoms with Gasteiger partial charge in [0.25, 0.3) is 0 Å². The van der Waals surface area contributed by atoms with Gasteiger partial charge in [-0.25, -0.2) is 0 Å². The second kappa shape index (κ2) is 6.41. The molecule has 0 aliphatic heterocycles. The fourth-order valence-corrected chi connectivity index (χ4v) is 0.924. The first-order valence-corrected chi connectivity index (χ1v) is 4.74. The Hall–Kier alpha value is -1.11. The van der Waals surface area contributed by atoms with Gasteiger partial charge in [-0.1, -0.05) is 43.7 Å². The molecular weight excluding hydrogens is 158 g/mol. The van der Waals surface area contributed by atoms with E-state index in [1.54, 1.807) is 0 Å². The molecule has 0 heterocycles. The van der Waals surface area contributed by atoms with E-state index < -0.39 is 0 Å². The van der Waals surface area contributed by atoms with E-state index in [0.29, 0.717) is 0 Å². The molecular formula is C12H19N. The maximum Gasteiger partial charge on any atom is 0.0386 e. The number of hydrogen-bond donors (Lipinski definition) is 0. The lowest BCUT2D eigenvalue weighted by atomic mass is 10.1. The second-order valence-electron chi connectivity index (χ2n) is 2.68. The zero-order valence-corrected chi connectivity index (χ0v) is 9.26. The predicted molar refractivity (Wildman–Crippen MR) is 60.7 cm³/mol. The molecule has 0 amide bonds. The zero-order chi connectivity index (χ0) is 10.3. The highest BCUT2D eigenvalue weighted by molar-refractivity contribution is 5.98. The van der Waals surface area contributed by atoms with E-state index in [-0.39, 0.29) is 0 Å². The highest BCUT2D eigenvalue weighted by Gasteiger charge is 1.93. The minimum Gasteiger partial charge on any atom is -0.293 e. The van der Waals surface area contributed by atoms with Crippen LogP contribution in [0.1, 0.15) is 31.9 Å². The van der Waals surface area contributed by atoms with Gasteiger partial charge in [-0.2, -0.15) is 0 Å². The molecule has 1 rings (SSSR count). The molecule has 13 heavy (non-hydrogen) atoms.